The molecule has 0 N–H and O–H groups in total. The van der Waals surface area contributed by atoms with Gasteiger partial charge in [0.15, 0.2) is 0 Å². The van der Waals surface area contributed by atoms with Gasteiger partial charge in [0.1, 0.15) is 18.1 Å². The number of pyridine rings is 1. The molecule has 0 amide bonds. The van der Waals surface area contributed by atoms with E-state index in [0.29, 0.717) is 11.6 Å². The summed E-state index contributed by atoms with van der Waals surface area (Å²) in [4.78, 5) is 7.27. The first-order valence-corrected chi connectivity index (χ1v) is 10.4. The number of likely N-dealkylation sites (tertiary alicyclic amines) is 1. The fraction of sp³-hybridized carbons (Fsp3) is 0.292. The molecule has 0 unspecified atom stereocenters. The number of halogens is 1. The molecule has 0 spiro atoms. The van der Waals surface area contributed by atoms with Crippen LogP contribution in [0, 0.1) is 0 Å². The molecule has 0 bridgehead atoms. The molecule has 5 heteroatoms. The summed E-state index contributed by atoms with van der Waals surface area (Å²) in [6, 6.07) is 19.6. The Bertz CT molecular complexity index is 953. The van der Waals surface area contributed by atoms with Crippen molar-refractivity contribution in [3.8, 4) is 34.0 Å². The highest BCUT2D eigenvalue weighted by molar-refractivity contribution is 6.31. The van der Waals surface area contributed by atoms with Crippen LogP contribution in [0.15, 0.2) is 60.7 Å². The molecule has 1 fully saturated rings. The zero-order valence-electron chi connectivity index (χ0n) is 16.6. The van der Waals surface area contributed by atoms with E-state index in [-0.39, 0.29) is 0 Å². The summed E-state index contributed by atoms with van der Waals surface area (Å²) in [7, 11) is 1.66. The van der Waals surface area contributed by atoms with Crippen molar-refractivity contribution in [2.45, 2.75) is 12.8 Å². The summed E-state index contributed by atoms with van der Waals surface area (Å²) in [5.41, 5.74) is 3.64. The van der Waals surface area contributed by atoms with Crippen molar-refractivity contribution in [3.05, 3.63) is 65.7 Å². The molecule has 2 aromatic carbocycles. The number of aromatic nitrogens is 1. The number of hydrogen-bond donors (Lipinski definition) is 0. The minimum atomic E-state index is 0.654. The Morgan fingerprint density at radius 3 is 2.34 bits per heavy atom. The van der Waals surface area contributed by atoms with E-state index < -0.39 is 0 Å². The van der Waals surface area contributed by atoms with Crippen molar-refractivity contribution >= 4 is 11.6 Å². The van der Waals surface area contributed by atoms with Crippen LogP contribution in [0.3, 0.4) is 0 Å². The summed E-state index contributed by atoms with van der Waals surface area (Å²) in [5, 5.41) is 0.654. The van der Waals surface area contributed by atoms with Crippen molar-refractivity contribution in [3.63, 3.8) is 0 Å². The third-order valence-corrected chi connectivity index (χ3v) is 5.40. The van der Waals surface area contributed by atoms with Gasteiger partial charge in [0.2, 0.25) is 0 Å². The predicted molar refractivity (Wildman–Crippen MR) is 118 cm³/mol. The summed E-state index contributed by atoms with van der Waals surface area (Å²) < 4.78 is 11.2. The van der Waals surface area contributed by atoms with Crippen LogP contribution in [-0.2, 0) is 0 Å². The van der Waals surface area contributed by atoms with Gasteiger partial charge in [0.05, 0.1) is 18.5 Å². The van der Waals surface area contributed by atoms with E-state index in [9.17, 15) is 0 Å². The fourth-order valence-corrected chi connectivity index (χ4v) is 3.81. The normalized spacial score (nSPS) is 14.1. The number of rotatable bonds is 7. The van der Waals surface area contributed by atoms with Crippen LogP contribution < -0.4 is 9.47 Å². The molecule has 1 aliphatic heterocycles. The monoisotopic (exact) mass is 408 g/mol. The molecule has 1 saturated heterocycles. The van der Waals surface area contributed by atoms with Gasteiger partial charge in [0, 0.05) is 22.7 Å². The van der Waals surface area contributed by atoms with E-state index in [1.165, 1.54) is 25.9 Å². The smallest absolute Gasteiger partial charge is 0.120 e. The van der Waals surface area contributed by atoms with Gasteiger partial charge in [-0.05, 0) is 74.5 Å². The largest absolute Gasteiger partial charge is 0.497 e. The van der Waals surface area contributed by atoms with Crippen molar-refractivity contribution in [1.29, 1.82) is 0 Å². The number of nitrogens with zero attached hydrogens (tertiary/aromatic N) is 2. The highest BCUT2D eigenvalue weighted by Crippen LogP contribution is 2.29. The molecule has 0 radical (unpaired) electrons. The van der Waals surface area contributed by atoms with Crippen molar-refractivity contribution in [2.75, 3.05) is 33.4 Å². The van der Waals surface area contributed by atoms with Crippen LogP contribution >= 0.6 is 11.6 Å². The molecular formula is C24H25ClN2O2. The van der Waals surface area contributed by atoms with E-state index in [1.807, 2.05) is 60.7 Å². The van der Waals surface area contributed by atoms with Gasteiger partial charge < -0.3 is 9.47 Å². The van der Waals surface area contributed by atoms with Crippen LogP contribution in [0.2, 0.25) is 5.02 Å². The van der Waals surface area contributed by atoms with Crippen LogP contribution in [-0.4, -0.2) is 43.2 Å². The first-order valence-electron chi connectivity index (χ1n) is 9.99. The summed E-state index contributed by atoms with van der Waals surface area (Å²) in [5.74, 6) is 1.67. The van der Waals surface area contributed by atoms with Gasteiger partial charge >= 0.3 is 0 Å². The Kier molecular flexibility index (Phi) is 6.33. The minimum absolute atomic E-state index is 0.654. The zero-order valence-corrected chi connectivity index (χ0v) is 17.4. The topological polar surface area (TPSA) is 34.6 Å². The molecular weight excluding hydrogens is 384 g/mol. The molecule has 0 aliphatic carbocycles. The van der Waals surface area contributed by atoms with Gasteiger partial charge in [-0.25, -0.2) is 4.98 Å². The van der Waals surface area contributed by atoms with Gasteiger partial charge in [-0.2, -0.15) is 0 Å². The maximum Gasteiger partial charge on any atom is 0.120 e. The lowest BCUT2D eigenvalue weighted by molar-refractivity contribution is 0.238. The lowest BCUT2D eigenvalue weighted by Crippen LogP contribution is -2.25. The maximum atomic E-state index is 6.40. The first kappa shape index (κ1) is 19.7. The maximum absolute atomic E-state index is 6.40. The van der Waals surface area contributed by atoms with Crippen molar-refractivity contribution in [1.82, 2.24) is 9.88 Å². The molecule has 4 rings (SSSR count). The van der Waals surface area contributed by atoms with Crippen LogP contribution in [0.25, 0.3) is 22.5 Å². The van der Waals surface area contributed by atoms with Crippen LogP contribution in [0.1, 0.15) is 12.8 Å². The quantitative estimate of drug-likeness (QED) is 0.513. The van der Waals surface area contributed by atoms with Gasteiger partial charge in [-0.3, -0.25) is 4.90 Å². The van der Waals surface area contributed by atoms with E-state index in [4.69, 9.17) is 26.1 Å². The average Bonchev–Trinajstić information content (AvgIpc) is 3.27. The van der Waals surface area contributed by atoms with Crippen LogP contribution in [0.5, 0.6) is 11.5 Å². The number of benzene rings is 2. The second kappa shape index (κ2) is 9.29. The SMILES string of the molecule is COc1ccc(-c2cc(Cl)cc(-c3cccc(OCCN4CCCC4)c3)n2)cc1. The summed E-state index contributed by atoms with van der Waals surface area (Å²) >= 11 is 6.40. The average molecular weight is 409 g/mol. The van der Waals surface area contributed by atoms with Gasteiger partial charge in [0.25, 0.3) is 0 Å². The number of hydrogen-bond acceptors (Lipinski definition) is 4. The summed E-state index contributed by atoms with van der Waals surface area (Å²) in [6.07, 6.45) is 2.60. The molecule has 29 heavy (non-hydrogen) atoms. The highest BCUT2D eigenvalue weighted by atomic mass is 35.5. The molecule has 3 aromatic rings. The molecule has 0 saturated carbocycles. The molecule has 1 aliphatic rings. The third kappa shape index (κ3) is 5.08. The molecule has 4 nitrogen and oxygen atoms in total. The third-order valence-electron chi connectivity index (χ3n) is 5.18. The fourth-order valence-electron chi connectivity index (χ4n) is 3.60. The minimum Gasteiger partial charge on any atom is -0.497 e. The molecule has 1 aromatic heterocycles. The summed E-state index contributed by atoms with van der Waals surface area (Å²) in [6.45, 7) is 4.04. The standard InChI is InChI=1S/C24H25ClN2O2/c1-28-21-9-7-18(8-10-21)23-16-20(25)17-24(26-23)19-5-4-6-22(15-19)29-14-13-27-11-2-3-12-27/h4-10,15-17H,2-3,11-14H2,1H3. The Balaban J connectivity index is 1.52. The highest BCUT2D eigenvalue weighted by Gasteiger charge is 2.11. The lowest BCUT2D eigenvalue weighted by atomic mass is 10.1. The van der Waals surface area contributed by atoms with E-state index >= 15 is 0 Å². The lowest BCUT2D eigenvalue weighted by Gasteiger charge is -2.15. The first-order chi connectivity index (χ1) is 14.2. The zero-order chi connectivity index (χ0) is 20.1. The number of methoxy groups -OCH3 is 1. The Morgan fingerprint density at radius 1 is 0.897 bits per heavy atom. The van der Waals surface area contributed by atoms with Gasteiger partial charge in [-0.1, -0.05) is 23.7 Å². The van der Waals surface area contributed by atoms with Gasteiger partial charge in [-0.15, -0.1) is 0 Å². The van der Waals surface area contributed by atoms with E-state index in [1.54, 1.807) is 7.11 Å². The predicted octanol–water partition coefficient (Wildman–Crippen LogP) is 5.55. The van der Waals surface area contributed by atoms with Crippen molar-refractivity contribution < 1.29 is 9.47 Å². The second-order valence-corrected chi connectivity index (χ2v) is 7.65. The number of ether oxygens (including phenoxy) is 2. The molecule has 0 atom stereocenters. The van der Waals surface area contributed by atoms with Crippen LogP contribution in [0.4, 0.5) is 0 Å². The Morgan fingerprint density at radius 2 is 1.62 bits per heavy atom. The second-order valence-electron chi connectivity index (χ2n) is 7.21. The van der Waals surface area contributed by atoms with E-state index in [0.717, 1.165) is 40.6 Å². The van der Waals surface area contributed by atoms with E-state index in [2.05, 4.69) is 4.90 Å². The van der Waals surface area contributed by atoms with Crippen molar-refractivity contribution in [2.24, 2.45) is 0 Å². The molecule has 2 heterocycles. The molecule has 150 valence electrons. The Labute approximate surface area is 177 Å². The Hall–Kier alpha value is -2.56.